The zero-order valence-electron chi connectivity index (χ0n) is 16.8. The fraction of sp³-hybridized carbons (Fsp3) is 0.174. The number of halogens is 2. The lowest BCUT2D eigenvalue weighted by Gasteiger charge is -2.25. The Bertz CT molecular complexity index is 1390. The summed E-state index contributed by atoms with van der Waals surface area (Å²) in [5, 5.41) is 0.410. The molecule has 1 aromatic heterocycles. The first-order chi connectivity index (χ1) is 14.9. The SMILES string of the molecule is CCOC(=O)C1=C(C)N=c2s/c(=C/c3ccccc3F)c(=O)n2[C@H]1c1ccccc1Cl. The van der Waals surface area contributed by atoms with Crippen molar-refractivity contribution >= 4 is 35.0 Å². The molecular weight excluding hydrogens is 439 g/mol. The first-order valence-corrected chi connectivity index (χ1v) is 10.8. The minimum absolute atomic E-state index is 0.183. The summed E-state index contributed by atoms with van der Waals surface area (Å²) >= 11 is 7.59. The van der Waals surface area contributed by atoms with Gasteiger partial charge in [0.2, 0.25) is 0 Å². The van der Waals surface area contributed by atoms with Crippen LogP contribution < -0.4 is 14.9 Å². The Morgan fingerprint density at radius 2 is 1.97 bits per heavy atom. The van der Waals surface area contributed by atoms with Gasteiger partial charge in [0.05, 0.1) is 22.4 Å². The van der Waals surface area contributed by atoms with Gasteiger partial charge < -0.3 is 4.74 Å². The second-order valence-corrected chi connectivity index (χ2v) is 8.26. The number of aromatic nitrogens is 1. The number of rotatable bonds is 4. The number of allylic oxidation sites excluding steroid dienone is 1. The van der Waals surface area contributed by atoms with Crippen LogP contribution in [0.3, 0.4) is 0 Å². The zero-order valence-corrected chi connectivity index (χ0v) is 18.3. The third kappa shape index (κ3) is 3.86. The van der Waals surface area contributed by atoms with E-state index in [1.165, 1.54) is 16.7 Å². The average Bonchev–Trinajstić information content (AvgIpc) is 3.04. The van der Waals surface area contributed by atoms with E-state index in [2.05, 4.69) is 4.99 Å². The number of carbonyl (C=O) groups is 1. The molecule has 4 rings (SSSR count). The normalized spacial score (nSPS) is 16.1. The van der Waals surface area contributed by atoms with Crippen LogP contribution in [0.5, 0.6) is 0 Å². The van der Waals surface area contributed by atoms with Crippen molar-refractivity contribution in [2.75, 3.05) is 6.61 Å². The van der Waals surface area contributed by atoms with E-state index in [4.69, 9.17) is 16.3 Å². The second kappa shape index (κ2) is 8.61. The van der Waals surface area contributed by atoms with E-state index >= 15 is 0 Å². The number of nitrogens with zero attached hydrogens (tertiary/aromatic N) is 2. The summed E-state index contributed by atoms with van der Waals surface area (Å²) in [5.41, 5.74) is 1.19. The minimum Gasteiger partial charge on any atom is -0.463 e. The summed E-state index contributed by atoms with van der Waals surface area (Å²) in [6, 6.07) is 12.4. The molecule has 2 aromatic carbocycles. The summed E-state index contributed by atoms with van der Waals surface area (Å²) in [6.07, 6.45) is 1.49. The maximum atomic E-state index is 14.2. The lowest BCUT2D eigenvalue weighted by atomic mass is 9.96. The molecule has 1 atom stereocenters. The maximum absolute atomic E-state index is 14.2. The molecule has 0 saturated carbocycles. The molecule has 1 aliphatic heterocycles. The van der Waals surface area contributed by atoms with Crippen LogP contribution in [0.2, 0.25) is 5.02 Å². The third-order valence-corrected chi connectivity index (χ3v) is 6.24. The summed E-state index contributed by atoms with van der Waals surface area (Å²) in [4.78, 5) is 31.1. The van der Waals surface area contributed by atoms with Crippen LogP contribution in [0.4, 0.5) is 4.39 Å². The molecule has 5 nitrogen and oxygen atoms in total. The fourth-order valence-corrected chi connectivity index (χ4v) is 4.79. The van der Waals surface area contributed by atoms with E-state index in [9.17, 15) is 14.0 Å². The van der Waals surface area contributed by atoms with Crippen molar-refractivity contribution in [3.63, 3.8) is 0 Å². The third-order valence-electron chi connectivity index (χ3n) is 4.91. The van der Waals surface area contributed by atoms with Crippen molar-refractivity contribution in [3.8, 4) is 0 Å². The molecule has 0 aliphatic carbocycles. The van der Waals surface area contributed by atoms with Crippen LogP contribution in [0.15, 0.2) is 69.6 Å². The van der Waals surface area contributed by atoms with Crippen LogP contribution in [-0.2, 0) is 9.53 Å². The maximum Gasteiger partial charge on any atom is 0.338 e. The number of ether oxygens (including phenoxy) is 1. The van der Waals surface area contributed by atoms with Gasteiger partial charge in [0.15, 0.2) is 4.80 Å². The number of hydrogen-bond donors (Lipinski definition) is 0. The number of thiazole rings is 1. The van der Waals surface area contributed by atoms with Crippen molar-refractivity contribution < 1.29 is 13.9 Å². The first-order valence-electron chi connectivity index (χ1n) is 9.61. The van der Waals surface area contributed by atoms with Crippen LogP contribution in [0.25, 0.3) is 6.08 Å². The van der Waals surface area contributed by atoms with Crippen LogP contribution in [-0.4, -0.2) is 17.1 Å². The summed E-state index contributed by atoms with van der Waals surface area (Å²) in [6.45, 7) is 3.59. The summed E-state index contributed by atoms with van der Waals surface area (Å²) in [5.74, 6) is -0.989. The van der Waals surface area contributed by atoms with Gasteiger partial charge in [-0.05, 0) is 37.6 Å². The van der Waals surface area contributed by atoms with Gasteiger partial charge in [-0.3, -0.25) is 9.36 Å². The van der Waals surface area contributed by atoms with Gasteiger partial charge in [0.1, 0.15) is 11.9 Å². The highest BCUT2D eigenvalue weighted by Crippen LogP contribution is 2.34. The summed E-state index contributed by atoms with van der Waals surface area (Å²) < 4.78 is 21.1. The zero-order chi connectivity index (χ0) is 22.1. The predicted molar refractivity (Wildman–Crippen MR) is 118 cm³/mol. The van der Waals surface area contributed by atoms with Gasteiger partial charge in [0.25, 0.3) is 5.56 Å². The minimum atomic E-state index is -0.799. The molecule has 0 fully saturated rings. The Morgan fingerprint density at radius 3 is 2.68 bits per heavy atom. The number of benzene rings is 2. The van der Waals surface area contributed by atoms with Crippen molar-refractivity contribution in [1.82, 2.24) is 4.57 Å². The Morgan fingerprint density at radius 1 is 1.26 bits per heavy atom. The Labute approximate surface area is 186 Å². The van der Waals surface area contributed by atoms with E-state index < -0.39 is 17.8 Å². The first kappa shape index (κ1) is 21.2. The smallest absolute Gasteiger partial charge is 0.338 e. The Balaban J connectivity index is 2.00. The molecule has 8 heteroatoms. The van der Waals surface area contributed by atoms with Gasteiger partial charge in [-0.25, -0.2) is 14.2 Å². The fourth-order valence-electron chi connectivity index (χ4n) is 3.52. The van der Waals surface area contributed by atoms with Crippen LogP contribution in [0.1, 0.15) is 31.0 Å². The molecule has 31 heavy (non-hydrogen) atoms. The molecule has 3 aromatic rings. The monoisotopic (exact) mass is 456 g/mol. The van der Waals surface area contributed by atoms with E-state index in [1.807, 2.05) is 0 Å². The molecule has 0 spiro atoms. The molecule has 2 heterocycles. The molecule has 0 amide bonds. The number of hydrogen-bond acceptors (Lipinski definition) is 5. The molecule has 158 valence electrons. The molecule has 0 N–H and O–H groups in total. The van der Waals surface area contributed by atoms with E-state index in [1.54, 1.807) is 56.3 Å². The van der Waals surface area contributed by atoms with Crippen molar-refractivity contribution in [3.05, 3.63) is 101 Å². The second-order valence-electron chi connectivity index (χ2n) is 6.85. The highest BCUT2D eigenvalue weighted by molar-refractivity contribution is 7.07. The highest BCUT2D eigenvalue weighted by atomic mass is 35.5. The van der Waals surface area contributed by atoms with E-state index in [-0.39, 0.29) is 17.7 Å². The Kier molecular flexibility index (Phi) is 5.89. The highest BCUT2D eigenvalue weighted by Gasteiger charge is 2.34. The molecule has 0 bridgehead atoms. The van der Waals surface area contributed by atoms with Crippen LogP contribution >= 0.6 is 22.9 Å². The average molecular weight is 457 g/mol. The van der Waals surface area contributed by atoms with Crippen molar-refractivity contribution in [2.24, 2.45) is 4.99 Å². The predicted octanol–water partition coefficient (Wildman–Crippen LogP) is 3.59. The number of fused-ring (bicyclic) bond motifs is 1. The van der Waals surface area contributed by atoms with Crippen molar-refractivity contribution in [1.29, 1.82) is 0 Å². The van der Waals surface area contributed by atoms with E-state index in [0.29, 0.717) is 31.2 Å². The number of esters is 1. The molecular formula is C23H18ClFN2O3S. The van der Waals surface area contributed by atoms with Gasteiger partial charge in [-0.1, -0.05) is 59.3 Å². The Hall–Kier alpha value is -3.03. The molecule has 0 saturated heterocycles. The molecule has 1 aliphatic rings. The van der Waals surface area contributed by atoms with Crippen LogP contribution in [0, 0.1) is 5.82 Å². The van der Waals surface area contributed by atoms with Gasteiger partial charge in [-0.15, -0.1) is 0 Å². The lowest BCUT2D eigenvalue weighted by Crippen LogP contribution is -2.40. The number of carbonyl (C=O) groups excluding carboxylic acids is 1. The topological polar surface area (TPSA) is 60.7 Å². The largest absolute Gasteiger partial charge is 0.463 e. The molecule has 0 radical (unpaired) electrons. The van der Waals surface area contributed by atoms with Gasteiger partial charge >= 0.3 is 5.97 Å². The molecule has 0 unspecified atom stereocenters. The van der Waals surface area contributed by atoms with E-state index in [0.717, 1.165) is 11.3 Å². The lowest BCUT2D eigenvalue weighted by molar-refractivity contribution is -0.139. The van der Waals surface area contributed by atoms with Crippen molar-refractivity contribution in [2.45, 2.75) is 19.9 Å². The summed E-state index contributed by atoms with van der Waals surface area (Å²) in [7, 11) is 0. The standard InChI is InChI=1S/C23H18ClFN2O3S/c1-3-30-22(29)19-13(2)26-23-27(20(19)15-9-5-6-10-16(15)24)21(28)18(31-23)12-14-8-4-7-11-17(14)25/h4-12,20H,3H2,1-2H3/b18-12+/t20-/m0/s1. The van der Waals surface area contributed by atoms with Gasteiger partial charge in [0, 0.05) is 10.6 Å². The quantitative estimate of drug-likeness (QED) is 0.564. The van der Waals surface area contributed by atoms with Gasteiger partial charge in [-0.2, -0.15) is 0 Å².